The minimum absolute atomic E-state index is 0.249. The van der Waals surface area contributed by atoms with E-state index in [2.05, 4.69) is 25.9 Å². The number of nitrogens with two attached hydrogens (primary N) is 1. The summed E-state index contributed by atoms with van der Waals surface area (Å²) in [6.45, 7) is 0. The van der Waals surface area contributed by atoms with E-state index in [0.29, 0.717) is 10.0 Å². The van der Waals surface area contributed by atoms with Gasteiger partial charge in [0.05, 0.1) is 5.56 Å². The Labute approximate surface area is 82.0 Å². The molecule has 0 bridgehead atoms. The van der Waals surface area contributed by atoms with Crippen LogP contribution in [-0.2, 0) is 5.04 Å². The van der Waals surface area contributed by atoms with Gasteiger partial charge < -0.3 is 10.6 Å². The Morgan fingerprint density at radius 1 is 1.54 bits per heavy atom. The average molecular weight is 248 g/mol. The van der Waals surface area contributed by atoms with Gasteiger partial charge in [0.25, 0.3) is 0 Å². The predicted octanol–water partition coefficient (Wildman–Crippen LogP) is 1.33. The summed E-state index contributed by atoms with van der Waals surface area (Å²) in [4.78, 5) is 15.1. The van der Waals surface area contributed by atoms with E-state index < -0.39 is 5.91 Å². The Bertz CT molecular complexity index is 328. The molecule has 0 atom stereocenters. The minimum Gasteiger partial charge on any atom is -0.366 e. The van der Waals surface area contributed by atoms with E-state index in [-0.39, 0.29) is 5.75 Å². The number of halogens is 1. The molecule has 1 aromatic carbocycles. The zero-order valence-electron chi connectivity index (χ0n) is 6.36. The molecular formula is C7H6BrNO4. The largest absolute Gasteiger partial charge is 0.366 e. The summed E-state index contributed by atoms with van der Waals surface area (Å²) >= 11 is 3.10. The number of hydrogen-bond acceptors (Lipinski definition) is 4. The number of benzene rings is 1. The smallest absolute Gasteiger partial charge is 0.249 e. The van der Waals surface area contributed by atoms with Crippen molar-refractivity contribution in [3.63, 3.8) is 0 Å². The SMILES string of the molecule is NC(=O)c1ccc(OOO)cc1Br. The summed E-state index contributed by atoms with van der Waals surface area (Å²) in [5, 5.41) is 11.4. The van der Waals surface area contributed by atoms with Gasteiger partial charge in [0.15, 0.2) is 5.75 Å². The van der Waals surface area contributed by atoms with Crippen molar-refractivity contribution < 1.29 is 20.0 Å². The lowest BCUT2D eigenvalue weighted by atomic mass is 10.2. The molecule has 0 aromatic heterocycles. The van der Waals surface area contributed by atoms with Crippen LogP contribution in [0.5, 0.6) is 5.75 Å². The standard InChI is InChI=1S/C7H6BrNO4/c8-6-3-4(12-13-11)1-2-5(6)7(9)10/h1-3,11H,(H2,9,10). The molecule has 0 fully saturated rings. The third-order valence-electron chi connectivity index (χ3n) is 1.34. The fraction of sp³-hybridized carbons (Fsp3) is 0. The van der Waals surface area contributed by atoms with Gasteiger partial charge in [-0.05, 0) is 39.2 Å². The van der Waals surface area contributed by atoms with Crippen molar-refractivity contribution >= 4 is 21.8 Å². The molecule has 0 spiro atoms. The van der Waals surface area contributed by atoms with E-state index in [0.717, 1.165) is 0 Å². The highest BCUT2D eigenvalue weighted by molar-refractivity contribution is 9.10. The first-order valence-electron chi connectivity index (χ1n) is 3.22. The molecule has 0 aliphatic rings. The van der Waals surface area contributed by atoms with E-state index >= 15 is 0 Å². The number of carbonyl (C=O) groups is 1. The van der Waals surface area contributed by atoms with Crippen LogP contribution in [0, 0.1) is 0 Å². The molecular weight excluding hydrogens is 242 g/mol. The van der Waals surface area contributed by atoms with Gasteiger partial charge in [-0.1, -0.05) is 0 Å². The number of primary amides is 1. The lowest BCUT2D eigenvalue weighted by molar-refractivity contribution is -0.438. The summed E-state index contributed by atoms with van der Waals surface area (Å²) in [6.07, 6.45) is 0. The Morgan fingerprint density at radius 2 is 2.23 bits per heavy atom. The first kappa shape index (κ1) is 9.97. The maximum Gasteiger partial charge on any atom is 0.249 e. The number of amides is 1. The van der Waals surface area contributed by atoms with E-state index in [1.54, 1.807) is 0 Å². The van der Waals surface area contributed by atoms with Crippen molar-refractivity contribution in [2.75, 3.05) is 0 Å². The quantitative estimate of drug-likeness (QED) is 0.624. The van der Waals surface area contributed by atoms with Gasteiger partial charge in [0.2, 0.25) is 5.91 Å². The highest BCUT2D eigenvalue weighted by atomic mass is 79.9. The molecule has 0 heterocycles. The highest BCUT2D eigenvalue weighted by Crippen LogP contribution is 2.22. The molecule has 0 aliphatic carbocycles. The van der Waals surface area contributed by atoms with E-state index in [1.807, 2.05) is 0 Å². The van der Waals surface area contributed by atoms with Crippen molar-refractivity contribution in [2.45, 2.75) is 0 Å². The van der Waals surface area contributed by atoms with Gasteiger partial charge in [-0.15, -0.1) is 0 Å². The van der Waals surface area contributed by atoms with Crippen molar-refractivity contribution in [3.05, 3.63) is 28.2 Å². The van der Waals surface area contributed by atoms with Gasteiger partial charge in [-0.3, -0.25) is 4.79 Å². The predicted molar refractivity (Wildman–Crippen MR) is 47.0 cm³/mol. The van der Waals surface area contributed by atoms with Crippen LogP contribution in [-0.4, -0.2) is 11.2 Å². The molecule has 1 amide bonds. The third kappa shape index (κ3) is 2.41. The van der Waals surface area contributed by atoms with Crippen LogP contribution >= 0.6 is 15.9 Å². The second-order valence-corrected chi connectivity index (χ2v) is 3.02. The first-order valence-corrected chi connectivity index (χ1v) is 4.02. The zero-order chi connectivity index (χ0) is 9.84. The van der Waals surface area contributed by atoms with Crippen LogP contribution in [0.2, 0.25) is 0 Å². The fourth-order valence-electron chi connectivity index (χ4n) is 0.791. The highest BCUT2D eigenvalue weighted by Gasteiger charge is 2.07. The van der Waals surface area contributed by atoms with E-state index in [9.17, 15) is 4.79 Å². The van der Waals surface area contributed by atoms with Crippen molar-refractivity contribution in [3.8, 4) is 5.75 Å². The van der Waals surface area contributed by atoms with Gasteiger partial charge in [-0.25, -0.2) is 5.26 Å². The summed E-state index contributed by atoms with van der Waals surface area (Å²) in [6, 6.07) is 4.32. The second-order valence-electron chi connectivity index (χ2n) is 2.16. The van der Waals surface area contributed by atoms with Gasteiger partial charge in [-0.2, -0.15) is 0 Å². The third-order valence-corrected chi connectivity index (χ3v) is 2.00. The molecule has 1 aromatic rings. The minimum atomic E-state index is -0.552. The second kappa shape index (κ2) is 4.22. The van der Waals surface area contributed by atoms with Crippen LogP contribution in [0.3, 0.4) is 0 Å². The van der Waals surface area contributed by atoms with Crippen molar-refractivity contribution in [1.82, 2.24) is 0 Å². The summed E-state index contributed by atoms with van der Waals surface area (Å²) in [5.41, 5.74) is 5.37. The molecule has 70 valence electrons. The Morgan fingerprint density at radius 3 is 2.69 bits per heavy atom. The molecule has 0 saturated heterocycles. The molecule has 3 N–H and O–H groups in total. The maximum atomic E-state index is 10.8. The molecule has 5 nitrogen and oxygen atoms in total. The molecule has 0 unspecified atom stereocenters. The average Bonchev–Trinajstić information content (AvgIpc) is 2.04. The van der Waals surface area contributed by atoms with Crippen molar-refractivity contribution in [2.24, 2.45) is 5.73 Å². The van der Waals surface area contributed by atoms with Crippen LogP contribution in [0.15, 0.2) is 22.7 Å². The topological polar surface area (TPSA) is 81.8 Å². The Kier molecular flexibility index (Phi) is 3.24. The molecule has 6 heteroatoms. The number of carbonyl (C=O) groups excluding carboxylic acids is 1. The molecule has 0 radical (unpaired) electrons. The Hall–Kier alpha value is -1.11. The molecule has 13 heavy (non-hydrogen) atoms. The molecule has 0 aliphatic heterocycles. The molecule has 1 rings (SSSR count). The van der Waals surface area contributed by atoms with Crippen LogP contribution in [0.25, 0.3) is 0 Å². The van der Waals surface area contributed by atoms with Crippen LogP contribution in [0.1, 0.15) is 10.4 Å². The zero-order valence-corrected chi connectivity index (χ0v) is 7.95. The lowest BCUT2D eigenvalue weighted by Gasteiger charge is -2.02. The normalized spacial score (nSPS) is 9.69. The lowest BCUT2D eigenvalue weighted by Crippen LogP contribution is -2.11. The van der Waals surface area contributed by atoms with E-state index in [1.165, 1.54) is 18.2 Å². The van der Waals surface area contributed by atoms with Gasteiger partial charge in [0.1, 0.15) is 0 Å². The Balaban J connectivity index is 2.98. The van der Waals surface area contributed by atoms with Crippen molar-refractivity contribution in [1.29, 1.82) is 0 Å². The maximum absolute atomic E-state index is 10.8. The first-order chi connectivity index (χ1) is 6.15. The summed E-state index contributed by atoms with van der Waals surface area (Å²) in [5.74, 6) is -0.303. The fourth-order valence-corrected chi connectivity index (χ4v) is 1.34. The number of hydrogen-bond donors (Lipinski definition) is 2. The van der Waals surface area contributed by atoms with Crippen LogP contribution in [0.4, 0.5) is 0 Å². The van der Waals surface area contributed by atoms with Crippen LogP contribution < -0.4 is 10.6 Å². The van der Waals surface area contributed by atoms with Gasteiger partial charge >= 0.3 is 0 Å². The van der Waals surface area contributed by atoms with E-state index in [4.69, 9.17) is 11.0 Å². The van der Waals surface area contributed by atoms with Gasteiger partial charge in [0, 0.05) is 4.47 Å². The monoisotopic (exact) mass is 247 g/mol. The summed E-state index contributed by atoms with van der Waals surface area (Å²) in [7, 11) is 0. The number of rotatable bonds is 3. The summed E-state index contributed by atoms with van der Waals surface area (Å²) < 4.78 is 0.467. The molecule has 0 saturated carbocycles.